The highest BCUT2D eigenvalue weighted by molar-refractivity contribution is 7.88. The summed E-state index contributed by atoms with van der Waals surface area (Å²) in [7, 11) is -3.56. The van der Waals surface area contributed by atoms with E-state index in [2.05, 4.69) is 15.1 Å². The van der Waals surface area contributed by atoms with E-state index in [0.717, 1.165) is 33.0 Å². The molecule has 144 valence electrons. The van der Waals surface area contributed by atoms with Crippen LogP contribution in [0.2, 0.25) is 0 Å². The van der Waals surface area contributed by atoms with Crippen molar-refractivity contribution >= 4 is 26.8 Å². The van der Waals surface area contributed by atoms with Crippen molar-refractivity contribution in [3.63, 3.8) is 0 Å². The topological polar surface area (TPSA) is 84.8 Å². The summed E-state index contributed by atoms with van der Waals surface area (Å²) >= 11 is 0. The summed E-state index contributed by atoms with van der Waals surface area (Å²) in [4.78, 5) is 9.05. The molecule has 1 aromatic heterocycles. The molecule has 0 spiro atoms. The Morgan fingerprint density at radius 2 is 1.82 bits per heavy atom. The molecule has 0 unspecified atom stereocenters. The monoisotopic (exact) mass is 396 g/mol. The van der Waals surface area contributed by atoms with Gasteiger partial charge in [-0.15, -0.1) is 0 Å². The summed E-state index contributed by atoms with van der Waals surface area (Å²) in [5, 5.41) is 4.40. The second-order valence-corrected chi connectivity index (χ2v) is 8.38. The van der Waals surface area contributed by atoms with Crippen LogP contribution >= 0.6 is 0 Å². The number of aromatic nitrogens is 2. The van der Waals surface area contributed by atoms with E-state index in [1.54, 1.807) is 6.20 Å². The molecular formula is C20H20N4O3S. The molecule has 1 aliphatic heterocycles. The van der Waals surface area contributed by atoms with Crippen LogP contribution in [0.5, 0.6) is 5.75 Å². The van der Waals surface area contributed by atoms with Gasteiger partial charge >= 0.3 is 0 Å². The van der Waals surface area contributed by atoms with Gasteiger partial charge in [0.25, 0.3) is 0 Å². The highest BCUT2D eigenvalue weighted by Crippen LogP contribution is 2.34. The van der Waals surface area contributed by atoms with E-state index in [0.29, 0.717) is 24.4 Å². The highest BCUT2D eigenvalue weighted by Gasteiger charge is 2.35. The number of sulfonamides is 1. The van der Waals surface area contributed by atoms with E-state index in [1.165, 1.54) is 0 Å². The number of para-hydroxylation sites is 2. The zero-order valence-electron chi connectivity index (χ0n) is 15.6. The number of hydrazone groups is 1. The van der Waals surface area contributed by atoms with Crippen LogP contribution in [0.4, 0.5) is 0 Å². The first kappa shape index (κ1) is 18.4. The molecule has 2 aromatic carbocycles. The van der Waals surface area contributed by atoms with Gasteiger partial charge in [-0.25, -0.2) is 13.4 Å². The highest BCUT2D eigenvalue weighted by atomic mass is 32.2. The predicted molar refractivity (Wildman–Crippen MR) is 108 cm³/mol. The fourth-order valence-corrected chi connectivity index (χ4v) is 4.12. The SMILES string of the molecule is CCOc1ccc(C2=NN(S(C)(=O)=O)[C@H](c3cnc4ccccc4n3)C2)cc1. The lowest BCUT2D eigenvalue weighted by Crippen LogP contribution is -2.26. The minimum atomic E-state index is -3.56. The van der Waals surface area contributed by atoms with Gasteiger partial charge in [0.15, 0.2) is 0 Å². The second kappa shape index (κ2) is 7.20. The molecular weight excluding hydrogens is 376 g/mol. The van der Waals surface area contributed by atoms with E-state index < -0.39 is 16.1 Å². The van der Waals surface area contributed by atoms with E-state index in [9.17, 15) is 8.42 Å². The molecule has 0 amide bonds. The Labute approximate surface area is 163 Å². The van der Waals surface area contributed by atoms with Crippen LogP contribution in [-0.2, 0) is 10.0 Å². The first-order valence-electron chi connectivity index (χ1n) is 8.97. The van der Waals surface area contributed by atoms with Crippen molar-refractivity contribution in [2.45, 2.75) is 19.4 Å². The summed E-state index contributed by atoms with van der Waals surface area (Å²) in [6.07, 6.45) is 3.20. The van der Waals surface area contributed by atoms with Gasteiger partial charge in [0.05, 0.1) is 41.5 Å². The molecule has 7 nitrogen and oxygen atoms in total. The Kier molecular flexibility index (Phi) is 4.72. The largest absolute Gasteiger partial charge is 0.494 e. The molecule has 0 radical (unpaired) electrons. The van der Waals surface area contributed by atoms with Crippen molar-refractivity contribution in [3.05, 3.63) is 66.0 Å². The third-order valence-corrected chi connectivity index (χ3v) is 5.54. The van der Waals surface area contributed by atoms with Crippen LogP contribution in [0.1, 0.15) is 30.6 Å². The summed E-state index contributed by atoms with van der Waals surface area (Å²) < 4.78 is 31.3. The van der Waals surface area contributed by atoms with Crippen LogP contribution in [0.3, 0.4) is 0 Å². The molecule has 1 aliphatic rings. The maximum atomic E-state index is 12.3. The lowest BCUT2D eigenvalue weighted by molar-refractivity contribution is 0.340. The van der Waals surface area contributed by atoms with E-state index in [1.807, 2.05) is 55.5 Å². The fraction of sp³-hybridized carbons (Fsp3) is 0.250. The van der Waals surface area contributed by atoms with Gasteiger partial charge in [0.2, 0.25) is 10.0 Å². The summed E-state index contributed by atoms with van der Waals surface area (Å²) in [6.45, 7) is 2.51. The Morgan fingerprint density at radius 1 is 1.11 bits per heavy atom. The van der Waals surface area contributed by atoms with Gasteiger partial charge in [0, 0.05) is 6.42 Å². The molecule has 4 rings (SSSR count). The van der Waals surface area contributed by atoms with Gasteiger partial charge in [-0.3, -0.25) is 4.98 Å². The summed E-state index contributed by atoms with van der Waals surface area (Å²) in [6, 6.07) is 14.5. The lowest BCUT2D eigenvalue weighted by Gasteiger charge is -2.20. The maximum absolute atomic E-state index is 12.3. The maximum Gasteiger partial charge on any atom is 0.247 e. The second-order valence-electron chi connectivity index (χ2n) is 6.54. The van der Waals surface area contributed by atoms with Crippen LogP contribution in [0.15, 0.2) is 59.8 Å². The molecule has 0 saturated heterocycles. The molecule has 28 heavy (non-hydrogen) atoms. The Morgan fingerprint density at radius 3 is 2.50 bits per heavy atom. The molecule has 0 saturated carbocycles. The summed E-state index contributed by atoms with van der Waals surface area (Å²) in [5.74, 6) is 0.766. The van der Waals surface area contributed by atoms with Crippen molar-refractivity contribution in [2.24, 2.45) is 5.10 Å². The van der Waals surface area contributed by atoms with Gasteiger partial charge in [-0.05, 0) is 48.9 Å². The number of fused-ring (bicyclic) bond motifs is 1. The molecule has 3 aromatic rings. The van der Waals surface area contributed by atoms with Crippen molar-refractivity contribution < 1.29 is 13.2 Å². The molecule has 0 N–H and O–H groups in total. The first-order valence-corrected chi connectivity index (χ1v) is 10.8. The molecule has 0 aliphatic carbocycles. The fourth-order valence-electron chi connectivity index (χ4n) is 3.23. The minimum absolute atomic E-state index is 0.425. The van der Waals surface area contributed by atoms with E-state index in [4.69, 9.17) is 4.74 Å². The van der Waals surface area contributed by atoms with Crippen molar-refractivity contribution in [1.82, 2.24) is 14.4 Å². The number of hydrogen-bond donors (Lipinski definition) is 0. The minimum Gasteiger partial charge on any atom is -0.494 e. The van der Waals surface area contributed by atoms with Gasteiger partial charge in [-0.2, -0.15) is 9.52 Å². The average Bonchev–Trinajstić information content (AvgIpc) is 3.14. The number of nitrogens with zero attached hydrogens (tertiary/aromatic N) is 4. The first-order chi connectivity index (χ1) is 13.5. The van der Waals surface area contributed by atoms with Crippen molar-refractivity contribution in [2.75, 3.05) is 12.9 Å². The molecule has 2 heterocycles. The number of rotatable bonds is 5. The standard InChI is InChI=1S/C20H20N4O3S/c1-3-27-15-10-8-14(9-11-15)18-12-20(24(23-18)28(2,25)26)19-13-21-16-6-4-5-7-17(16)22-19/h4-11,13,20H,3,12H2,1-2H3/t20-/m0/s1. The van der Waals surface area contributed by atoms with Crippen LogP contribution in [0, 0.1) is 0 Å². The number of benzene rings is 2. The predicted octanol–water partition coefficient (Wildman–Crippen LogP) is 3.14. The lowest BCUT2D eigenvalue weighted by atomic mass is 10.0. The quantitative estimate of drug-likeness (QED) is 0.661. The third-order valence-electron chi connectivity index (χ3n) is 4.52. The van der Waals surface area contributed by atoms with E-state index in [-0.39, 0.29) is 0 Å². The van der Waals surface area contributed by atoms with Crippen LogP contribution in [0.25, 0.3) is 11.0 Å². The van der Waals surface area contributed by atoms with Crippen LogP contribution in [-0.4, -0.2) is 41.4 Å². The third kappa shape index (κ3) is 3.55. The Bertz CT molecular complexity index is 1140. The number of hydrogen-bond acceptors (Lipinski definition) is 6. The Hall–Kier alpha value is -3.00. The molecule has 8 heteroatoms. The zero-order valence-corrected chi connectivity index (χ0v) is 16.4. The average molecular weight is 396 g/mol. The Balaban J connectivity index is 1.70. The van der Waals surface area contributed by atoms with Gasteiger partial charge in [0.1, 0.15) is 11.8 Å². The van der Waals surface area contributed by atoms with Crippen LogP contribution < -0.4 is 4.74 Å². The zero-order chi connectivity index (χ0) is 19.7. The molecule has 1 atom stereocenters. The number of ether oxygens (including phenoxy) is 1. The molecule has 0 fully saturated rings. The summed E-state index contributed by atoms with van der Waals surface area (Å²) in [5.41, 5.74) is 3.61. The van der Waals surface area contributed by atoms with Crippen molar-refractivity contribution in [1.29, 1.82) is 0 Å². The normalized spacial score (nSPS) is 17.0. The van der Waals surface area contributed by atoms with E-state index >= 15 is 0 Å². The van der Waals surface area contributed by atoms with Gasteiger partial charge < -0.3 is 4.74 Å². The smallest absolute Gasteiger partial charge is 0.247 e. The van der Waals surface area contributed by atoms with Crippen molar-refractivity contribution in [3.8, 4) is 5.75 Å². The molecule has 0 bridgehead atoms. The van der Waals surface area contributed by atoms with Gasteiger partial charge in [-0.1, -0.05) is 12.1 Å².